The second kappa shape index (κ2) is 6.90. The predicted octanol–water partition coefficient (Wildman–Crippen LogP) is 2.32. The van der Waals surface area contributed by atoms with E-state index in [2.05, 4.69) is 30.7 Å². The van der Waals surface area contributed by atoms with Gasteiger partial charge in [-0.25, -0.2) is 14.5 Å². The second-order valence-corrected chi connectivity index (χ2v) is 8.12. The molecule has 1 fully saturated rings. The third-order valence-corrected chi connectivity index (χ3v) is 6.37. The van der Waals surface area contributed by atoms with Crippen molar-refractivity contribution in [3.8, 4) is 0 Å². The highest BCUT2D eigenvalue weighted by Gasteiger charge is 2.23. The number of aromatic nitrogens is 5. The number of thiophene rings is 1. The number of aryl methyl sites for hydroxylation is 1. The molecule has 0 aliphatic carbocycles. The first-order valence-electron chi connectivity index (χ1n) is 9.40. The number of rotatable bonds is 4. The van der Waals surface area contributed by atoms with E-state index in [9.17, 15) is 4.79 Å². The van der Waals surface area contributed by atoms with Crippen LogP contribution in [0, 0.1) is 5.92 Å². The quantitative estimate of drug-likeness (QED) is 0.574. The van der Waals surface area contributed by atoms with E-state index in [-0.39, 0.29) is 5.91 Å². The third kappa shape index (κ3) is 2.91. The van der Waals surface area contributed by atoms with Crippen molar-refractivity contribution in [3.05, 3.63) is 41.9 Å². The lowest BCUT2D eigenvalue weighted by molar-refractivity contribution is 0.0946. The molecule has 0 radical (unpaired) electrons. The summed E-state index contributed by atoms with van der Waals surface area (Å²) in [6.45, 7) is 2.58. The number of amides is 1. The molecule has 5 rings (SSSR count). The van der Waals surface area contributed by atoms with Crippen LogP contribution in [0.4, 0.5) is 5.82 Å². The fourth-order valence-electron chi connectivity index (χ4n) is 3.89. The molecule has 0 bridgehead atoms. The van der Waals surface area contributed by atoms with Gasteiger partial charge in [-0.2, -0.15) is 5.10 Å². The molecule has 1 saturated heterocycles. The van der Waals surface area contributed by atoms with Crippen molar-refractivity contribution in [1.29, 1.82) is 0 Å². The summed E-state index contributed by atoms with van der Waals surface area (Å²) < 4.78 is 4.79. The molecular weight excluding hydrogens is 374 g/mol. The Morgan fingerprint density at radius 1 is 1.29 bits per heavy atom. The van der Waals surface area contributed by atoms with E-state index in [1.165, 1.54) is 0 Å². The highest BCUT2D eigenvalue weighted by molar-refractivity contribution is 7.17. The molecule has 1 amide bonds. The Kier molecular flexibility index (Phi) is 4.23. The molecule has 1 aliphatic heterocycles. The van der Waals surface area contributed by atoms with E-state index in [0.717, 1.165) is 47.6 Å². The standard InChI is InChI=1S/C19H21N7OS/c1-24-7-8-26-19(24)14(11-23-26)18(27)20-10-13-2-5-25(6-3-13)17-16-15(4-9-28-16)21-12-22-17/h4,7-9,11-13H,2-3,5-6,10H2,1H3,(H,20,27). The van der Waals surface area contributed by atoms with E-state index >= 15 is 0 Å². The number of carbonyl (C=O) groups is 1. The number of piperidine rings is 1. The lowest BCUT2D eigenvalue weighted by atomic mass is 9.96. The van der Waals surface area contributed by atoms with Crippen LogP contribution in [0.1, 0.15) is 23.2 Å². The number of fused-ring (bicyclic) bond motifs is 2. The van der Waals surface area contributed by atoms with Crippen molar-refractivity contribution in [2.24, 2.45) is 13.0 Å². The normalized spacial score (nSPS) is 15.5. The Hall–Kier alpha value is -2.94. The summed E-state index contributed by atoms with van der Waals surface area (Å²) in [5.41, 5.74) is 2.44. The van der Waals surface area contributed by atoms with Gasteiger partial charge in [0, 0.05) is 39.1 Å². The molecule has 4 aromatic heterocycles. The van der Waals surface area contributed by atoms with Gasteiger partial charge in [-0.15, -0.1) is 11.3 Å². The van der Waals surface area contributed by atoms with Crippen LogP contribution in [-0.2, 0) is 7.05 Å². The van der Waals surface area contributed by atoms with Crippen LogP contribution < -0.4 is 10.2 Å². The van der Waals surface area contributed by atoms with Gasteiger partial charge in [0.2, 0.25) is 0 Å². The maximum atomic E-state index is 12.6. The molecule has 8 nitrogen and oxygen atoms in total. The van der Waals surface area contributed by atoms with Crippen LogP contribution >= 0.6 is 11.3 Å². The highest BCUT2D eigenvalue weighted by atomic mass is 32.1. The summed E-state index contributed by atoms with van der Waals surface area (Å²) in [6, 6.07) is 2.04. The van der Waals surface area contributed by atoms with Crippen LogP contribution in [0.5, 0.6) is 0 Å². The summed E-state index contributed by atoms with van der Waals surface area (Å²) in [6.07, 6.45) is 9.09. The Morgan fingerprint density at radius 3 is 3.00 bits per heavy atom. The monoisotopic (exact) mass is 395 g/mol. The first kappa shape index (κ1) is 17.2. The first-order chi connectivity index (χ1) is 13.7. The maximum absolute atomic E-state index is 12.6. The van der Waals surface area contributed by atoms with Crippen molar-refractivity contribution in [3.63, 3.8) is 0 Å². The van der Waals surface area contributed by atoms with Crippen molar-refractivity contribution in [2.75, 3.05) is 24.5 Å². The number of hydrogen-bond donors (Lipinski definition) is 1. The number of nitrogens with zero attached hydrogens (tertiary/aromatic N) is 6. The Balaban J connectivity index is 1.20. The SMILES string of the molecule is Cn1ccn2ncc(C(=O)NCC3CCN(c4ncnc5ccsc45)CC3)c12. The topological polar surface area (TPSA) is 80.4 Å². The van der Waals surface area contributed by atoms with Gasteiger partial charge >= 0.3 is 0 Å². The number of imidazole rings is 1. The number of hydrogen-bond acceptors (Lipinski definition) is 6. The molecule has 0 atom stereocenters. The van der Waals surface area contributed by atoms with Crippen LogP contribution in [0.2, 0.25) is 0 Å². The fraction of sp³-hybridized carbons (Fsp3) is 0.368. The molecule has 9 heteroatoms. The van der Waals surface area contributed by atoms with Gasteiger partial charge in [-0.1, -0.05) is 0 Å². The van der Waals surface area contributed by atoms with E-state index in [4.69, 9.17) is 0 Å². The largest absolute Gasteiger partial charge is 0.355 e. The van der Waals surface area contributed by atoms with Gasteiger partial charge in [0.25, 0.3) is 5.91 Å². The molecule has 1 N–H and O–H groups in total. The Morgan fingerprint density at radius 2 is 2.14 bits per heavy atom. The summed E-state index contributed by atoms with van der Waals surface area (Å²) >= 11 is 1.69. The van der Waals surface area contributed by atoms with Crippen molar-refractivity contribution in [2.45, 2.75) is 12.8 Å². The number of anilines is 1. The number of carbonyl (C=O) groups excluding carboxylic acids is 1. The molecular formula is C19H21N7OS. The summed E-state index contributed by atoms with van der Waals surface area (Å²) in [4.78, 5) is 23.8. The van der Waals surface area contributed by atoms with Crippen molar-refractivity contribution < 1.29 is 4.79 Å². The lowest BCUT2D eigenvalue weighted by Crippen LogP contribution is -2.39. The average molecular weight is 395 g/mol. The van der Waals surface area contributed by atoms with E-state index in [1.807, 2.05) is 30.1 Å². The Labute approximate surface area is 165 Å². The second-order valence-electron chi connectivity index (χ2n) is 7.21. The minimum absolute atomic E-state index is 0.0599. The molecule has 1 aliphatic rings. The summed E-state index contributed by atoms with van der Waals surface area (Å²) in [5.74, 6) is 1.45. The van der Waals surface area contributed by atoms with Gasteiger partial charge in [0.1, 0.15) is 23.4 Å². The first-order valence-corrected chi connectivity index (χ1v) is 10.3. The van der Waals surface area contributed by atoms with Gasteiger partial charge in [0.05, 0.1) is 16.4 Å². The minimum atomic E-state index is -0.0599. The lowest BCUT2D eigenvalue weighted by Gasteiger charge is -2.33. The third-order valence-electron chi connectivity index (χ3n) is 5.47. The van der Waals surface area contributed by atoms with E-state index in [0.29, 0.717) is 18.0 Å². The van der Waals surface area contributed by atoms with E-state index in [1.54, 1.807) is 28.4 Å². The molecule has 4 aromatic rings. The average Bonchev–Trinajstić information content (AvgIpc) is 3.44. The van der Waals surface area contributed by atoms with Gasteiger partial charge < -0.3 is 14.8 Å². The van der Waals surface area contributed by atoms with Gasteiger partial charge in [-0.3, -0.25) is 4.79 Å². The molecule has 0 spiro atoms. The predicted molar refractivity (Wildman–Crippen MR) is 109 cm³/mol. The smallest absolute Gasteiger partial charge is 0.256 e. The zero-order chi connectivity index (χ0) is 19.1. The van der Waals surface area contributed by atoms with Gasteiger partial charge in [0.15, 0.2) is 0 Å². The molecule has 5 heterocycles. The fourth-order valence-corrected chi connectivity index (χ4v) is 4.75. The van der Waals surface area contributed by atoms with Crippen LogP contribution in [-0.4, -0.2) is 49.7 Å². The summed E-state index contributed by atoms with van der Waals surface area (Å²) in [5, 5.41) is 9.39. The maximum Gasteiger partial charge on any atom is 0.256 e. The van der Waals surface area contributed by atoms with Crippen LogP contribution in [0.15, 0.2) is 36.4 Å². The molecule has 0 unspecified atom stereocenters. The van der Waals surface area contributed by atoms with E-state index < -0.39 is 0 Å². The molecule has 0 aromatic carbocycles. The minimum Gasteiger partial charge on any atom is -0.355 e. The number of nitrogens with one attached hydrogen (secondary N) is 1. The van der Waals surface area contributed by atoms with Crippen molar-refractivity contribution in [1.82, 2.24) is 29.5 Å². The van der Waals surface area contributed by atoms with Crippen LogP contribution in [0.25, 0.3) is 15.9 Å². The molecule has 0 saturated carbocycles. The van der Waals surface area contributed by atoms with Gasteiger partial charge in [-0.05, 0) is 30.2 Å². The molecule has 144 valence electrons. The molecule has 28 heavy (non-hydrogen) atoms. The summed E-state index contributed by atoms with van der Waals surface area (Å²) in [7, 11) is 1.92. The Bertz CT molecular complexity index is 1140. The zero-order valence-corrected chi connectivity index (χ0v) is 16.4. The van der Waals surface area contributed by atoms with Crippen molar-refractivity contribution >= 4 is 38.9 Å². The highest BCUT2D eigenvalue weighted by Crippen LogP contribution is 2.30. The zero-order valence-electron chi connectivity index (χ0n) is 15.6. The van der Waals surface area contributed by atoms with Crippen LogP contribution in [0.3, 0.4) is 0 Å².